The molecule has 2 aromatic rings. The first-order valence-corrected chi connectivity index (χ1v) is 8.02. The Kier molecular flexibility index (Phi) is 6.20. The summed E-state index contributed by atoms with van der Waals surface area (Å²) in [6.45, 7) is 4.68. The van der Waals surface area contributed by atoms with Gasteiger partial charge in [0, 0.05) is 6.54 Å². The van der Waals surface area contributed by atoms with Crippen LogP contribution in [0, 0.1) is 6.92 Å². The topological polar surface area (TPSA) is 64.4 Å². The van der Waals surface area contributed by atoms with Gasteiger partial charge in [0.15, 0.2) is 0 Å². The van der Waals surface area contributed by atoms with Gasteiger partial charge in [-0.2, -0.15) is 0 Å². The second kappa shape index (κ2) is 8.36. The third-order valence-electron chi connectivity index (χ3n) is 3.66. The highest BCUT2D eigenvalue weighted by molar-refractivity contribution is 5.78. The van der Waals surface area contributed by atoms with Gasteiger partial charge in [-0.25, -0.2) is 4.98 Å². The van der Waals surface area contributed by atoms with Crippen molar-refractivity contribution < 1.29 is 13.9 Å². The van der Waals surface area contributed by atoms with Crippen molar-refractivity contribution in [3.05, 3.63) is 35.7 Å². The zero-order valence-electron chi connectivity index (χ0n) is 14.0. The van der Waals surface area contributed by atoms with Crippen LogP contribution < -0.4 is 10.1 Å². The van der Waals surface area contributed by atoms with E-state index >= 15 is 0 Å². The van der Waals surface area contributed by atoms with Gasteiger partial charge < -0.3 is 14.5 Å². The first-order valence-electron chi connectivity index (χ1n) is 8.02. The molecule has 0 aliphatic heterocycles. The molecule has 1 aromatic heterocycles. The quantitative estimate of drug-likeness (QED) is 0.757. The molecule has 1 aromatic carbocycles. The molecule has 1 N–H and O–H groups in total. The van der Waals surface area contributed by atoms with Crippen LogP contribution in [-0.4, -0.2) is 24.5 Å². The number of nitrogens with zero attached hydrogens (tertiary/aromatic N) is 1. The number of hydrogen-bond donors (Lipinski definition) is 1. The lowest BCUT2D eigenvalue weighted by Gasteiger charge is -2.04. The lowest BCUT2D eigenvalue weighted by Crippen LogP contribution is -2.26. The maximum atomic E-state index is 12.0. The standard InChI is InChI=1S/C18H24N2O3/c1-4-5-8-11-19-17(21)12-15-13(2)23-18(20-15)14-9-6-7-10-16(14)22-3/h6-7,9-10H,4-5,8,11-12H2,1-3H3,(H,19,21). The van der Waals surface area contributed by atoms with Gasteiger partial charge in [0.2, 0.25) is 11.8 Å². The van der Waals surface area contributed by atoms with E-state index in [2.05, 4.69) is 17.2 Å². The second-order valence-electron chi connectivity index (χ2n) is 5.46. The minimum atomic E-state index is -0.0240. The molecule has 23 heavy (non-hydrogen) atoms. The molecule has 0 aliphatic rings. The average Bonchev–Trinajstić information content (AvgIpc) is 2.92. The molecule has 0 saturated heterocycles. The number of methoxy groups -OCH3 is 1. The SMILES string of the molecule is CCCCCNC(=O)Cc1nc(-c2ccccc2OC)oc1C. The van der Waals surface area contributed by atoms with E-state index in [9.17, 15) is 4.79 Å². The molecular weight excluding hydrogens is 292 g/mol. The van der Waals surface area contributed by atoms with Crippen molar-refractivity contribution >= 4 is 5.91 Å². The number of amides is 1. The monoisotopic (exact) mass is 316 g/mol. The number of oxazole rings is 1. The summed E-state index contributed by atoms with van der Waals surface area (Å²) in [6, 6.07) is 7.54. The fourth-order valence-corrected chi connectivity index (χ4v) is 2.35. The summed E-state index contributed by atoms with van der Waals surface area (Å²) in [6.07, 6.45) is 3.50. The zero-order chi connectivity index (χ0) is 16.7. The van der Waals surface area contributed by atoms with Gasteiger partial charge in [0.25, 0.3) is 0 Å². The second-order valence-corrected chi connectivity index (χ2v) is 5.46. The molecule has 124 valence electrons. The number of para-hydroxylation sites is 1. The molecule has 0 atom stereocenters. The van der Waals surface area contributed by atoms with E-state index < -0.39 is 0 Å². The highest BCUT2D eigenvalue weighted by Crippen LogP contribution is 2.30. The predicted octanol–water partition coefficient (Wildman–Crippen LogP) is 3.51. The van der Waals surface area contributed by atoms with Crippen LogP contribution in [0.2, 0.25) is 0 Å². The van der Waals surface area contributed by atoms with E-state index in [1.807, 2.05) is 31.2 Å². The van der Waals surface area contributed by atoms with Crippen molar-refractivity contribution in [3.8, 4) is 17.2 Å². The Morgan fingerprint density at radius 2 is 2.09 bits per heavy atom. The molecule has 0 aliphatic carbocycles. The van der Waals surface area contributed by atoms with Gasteiger partial charge in [0.1, 0.15) is 11.5 Å². The van der Waals surface area contributed by atoms with E-state index in [1.54, 1.807) is 7.11 Å². The minimum absolute atomic E-state index is 0.0240. The molecule has 1 amide bonds. The molecule has 2 rings (SSSR count). The molecule has 5 heteroatoms. The largest absolute Gasteiger partial charge is 0.496 e. The van der Waals surface area contributed by atoms with E-state index in [0.29, 0.717) is 29.6 Å². The Morgan fingerprint density at radius 3 is 2.83 bits per heavy atom. The van der Waals surface area contributed by atoms with Crippen LogP contribution in [-0.2, 0) is 11.2 Å². The highest BCUT2D eigenvalue weighted by Gasteiger charge is 2.16. The number of carbonyl (C=O) groups is 1. The Balaban J connectivity index is 2.05. The number of ether oxygens (including phenoxy) is 1. The first kappa shape index (κ1) is 17.1. The summed E-state index contributed by atoms with van der Waals surface area (Å²) < 4.78 is 11.0. The van der Waals surface area contributed by atoms with Gasteiger partial charge in [-0.3, -0.25) is 4.79 Å². The summed E-state index contributed by atoms with van der Waals surface area (Å²) >= 11 is 0. The summed E-state index contributed by atoms with van der Waals surface area (Å²) in [5, 5.41) is 2.92. The number of rotatable bonds is 8. The summed E-state index contributed by atoms with van der Waals surface area (Å²) in [5.41, 5.74) is 1.45. The van der Waals surface area contributed by atoms with Crippen LogP contribution in [0.1, 0.15) is 37.6 Å². The molecule has 0 bridgehead atoms. The molecule has 0 radical (unpaired) electrons. The average molecular weight is 316 g/mol. The van der Waals surface area contributed by atoms with Crippen molar-refractivity contribution in [3.63, 3.8) is 0 Å². The van der Waals surface area contributed by atoms with E-state index in [4.69, 9.17) is 9.15 Å². The highest BCUT2D eigenvalue weighted by atomic mass is 16.5. The van der Waals surface area contributed by atoms with Gasteiger partial charge in [-0.15, -0.1) is 0 Å². The fourth-order valence-electron chi connectivity index (χ4n) is 2.35. The van der Waals surface area contributed by atoms with Gasteiger partial charge in [-0.1, -0.05) is 31.9 Å². The summed E-state index contributed by atoms with van der Waals surface area (Å²) in [5.74, 6) is 1.82. The number of hydrogen-bond acceptors (Lipinski definition) is 4. The van der Waals surface area contributed by atoms with E-state index in [1.165, 1.54) is 0 Å². The summed E-state index contributed by atoms with van der Waals surface area (Å²) in [7, 11) is 1.61. The van der Waals surface area contributed by atoms with Gasteiger partial charge in [-0.05, 0) is 25.5 Å². The van der Waals surface area contributed by atoms with Gasteiger partial charge >= 0.3 is 0 Å². The summed E-state index contributed by atoms with van der Waals surface area (Å²) in [4.78, 5) is 16.4. The first-order chi connectivity index (χ1) is 11.2. The number of aryl methyl sites for hydroxylation is 1. The Hall–Kier alpha value is -2.30. The molecule has 0 unspecified atom stereocenters. The van der Waals surface area contributed by atoms with E-state index in [-0.39, 0.29) is 12.3 Å². The number of carbonyl (C=O) groups excluding carboxylic acids is 1. The Bertz CT molecular complexity index is 649. The number of nitrogens with one attached hydrogen (secondary N) is 1. The molecule has 5 nitrogen and oxygen atoms in total. The van der Waals surface area contributed by atoms with Crippen LogP contribution in [0.5, 0.6) is 5.75 Å². The van der Waals surface area contributed by atoms with Crippen LogP contribution in [0.4, 0.5) is 0 Å². The zero-order valence-corrected chi connectivity index (χ0v) is 14.0. The Labute approximate surface area is 137 Å². The lowest BCUT2D eigenvalue weighted by molar-refractivity contribution is -0.120. The normalized spacial score (nSPS) is 10.6. The van der Waals surface area contributed by atoms with Crippen LogP contribution >= 0.6 is 0 Å². The maximum absolute atomic E-state index is 12.0. The molecular formula is C18H24N2O3. The number of unbranched alkanes of at least 4 members (excludes halogenated alkanes) is 2. The molecule has 0 saturated carbocycles. The van der Waals surface area contributed by atoms with E-state index in [0.717, 1.165) is 24.8 Å². The third kappa shape index (κ3) is 4.58. The third-order valence-corrected chi connectivity index (χ3v) is 3.66. The van der Waals surface area contributed by atoms with Crippen molar-refractivity contribution in [2.24, 2.45) is 0 Å². The van der Waals surface area contributed by atoms with Gasteiger partial charge in [0.05, 0.1) is 24.8 Å². The lowest BCUT2D eigenvalue weighted by atomic mass is 10.2. The van der Waals surface area contributed by atoms with Crippen LogP contribution in [0.25, 0.3) is 11.5 Å². The molecule has 0 spiro atoms. The van der Waals surface area contributed by atoms with Crippen molar-refractivity contribution in [1.29, 1.82) is 0 Å². The smallest absolute Gasteiger partial charge is 0.230 e. The fraction of sp³-hybridized carbons (Fsp3) is 0.444. The minimum Gasteiger partial charge on any atom is -0.496 e. The Morgan fingerprint density at radius 1 is 1.30 bits per heavy atom. The van der Waals surface area contributed by atoms with Crippen molar-refractivity contribution in [1.82, 2.24) is 10.3 Å². The van der Waals surface area contributed by atoms with Crippen molar-refractivity contribution in [2.45, 2.75) is 39.5 Å². The molecule has 1 heterocycles. The number of benzene rings is 1. The number of aromatic nitrogens is 1. The predicted molar refractivity (Wildman–Crippen MR) is 89.5 cm³/mol. The van der Waals surface area contributed by atoms with Crippen LogP contribution in [0.15, 0.2) is 28.7 Å². The molecule has 0 fully saturated rings. The maximum Gasteiger partial charge on any atom is 0.230 e. The van der Waals surface area contributed by atoms with Crippen LogP contribution in [0.3, 0.4) is 0 Å². The van der Waals surface area contributed by atoms with Crippen molar-refractivity contribution in [2.75, 3.05) is 13.7 Å².